The fourth-order valence-corrected chi connectivity index (χ4v) is 1.76. The molecule has 3 nitrogen and oxygen atoms in total. The molecule has 86 valence electrons. The van der Waals surface area contributed by atoms with Crippen LogP contribution in [0.5, 0.6) is 0 Å². The second-order valence-electron chi connectivity index (χ2n) is 4.74. The van der Waals surface area contributed by atoms with Crippen molar-refractivity contribution in [2.24, 2.45) is 5.92 Å². The Labute approximate surface area is 92.7 Å². The third kappa shape index (κ3) is 2.52. The zero-order valence-electron chi connectivity index (χ0n) is 10.5. The van der Waals surface area contributed by atoms with Gasteiger partial charge in [-0.1, -0.05) is 27.7 Å². The number of aromatic nitrogens is 2. The van der Waals surface area contributed by atoms with Gasteiger partial charge in [0.2, 0.25) is 0 Å². The fraction of sp³-hybridized carbons (Fsp3) is 0.750. The van der Waals surface area contributed by atoms with E-state index in [9.17, 15) is 0 Å². The quantitative estimate of drug-likeness (QED) is 0.828. The molecule has 1 rings (SSSR count). The lowest BCUT2D eigenvalue weighted by atomic mass is 10.1. The SMILES string of the molecule is CCC(C)c1nc(C)n(CC(C)C)c1N. The lowest BCUT2D eigenvalue weighted by Crippen LogP contribution is -2.10. The Balaban J connectivity index is 3.03. The van der Waals surface area contributed by atoms with Gasteiger partial charge in [0, 0.05) is 12.5 Å². The predicted octanol–water partition coefficient (Wildman–Crippen LogP) is 2.94. The average Bonchev–Trinajstić information content (AvgIpc) is 2.44. The van der Waals surface area contributed by atoms with Crippen LogP contribution in [0.15, 0.2) is 0 Å². The van der Waals surface area contributed by atoms with Crippen molar-refractivity contribution in [1.82, 2.24) is 9.55 Å². The van der Waals surface area contributed by atoms with E-state index < -0.39 is 0 Å². The summed E-state index contributed by atoms with van der Waals surface area (Å²) in [6, 6.07) is 0. The lowest BCUT2D eigenvalue weighted by Gasteiger charge is -2.11. The summed E-state index contributed by atoms with van der Waals surface area (Å²) in [4.78, 5) is 4.57. The summed E-state index contributed by atoms with van der Waals surface area (Å²) in [5, 5.41) is 0. The largest absolute Gasteiger partial charge is 0.384 e. The van der Waals surface area contributed by atoms with E-state index in [0.717, 1.165) is 30.3 Å². The van der Waals surface area contributed by atoms with Gasteiger partial charge in [0.1, 0.15) is 11.6 Å². The van der Waals surface area contributed by atoms with Crippen molar-refractivity contribution >= 4 is 5.82 Å². The topological polar surface area (TPSA) is 43.8 Å². The standard InChI is InChI=1S/C12H23N3/c1-6-9(4)11-12(13)15(7-8(2)3)10(5)14-11/h8-9H,6-7,13H2,1-5H3. The zero-order chi connectivity index (χ0) is 11.6. The van der Waals surface area contributed by atoms with Crippen molar-refractivity contribution in [3.05, 3.63) is 11.5 Å². The maximum Gasteiger partial charge on any atom is 0.127 e. The van der Waals surface area contributed by atoms with E-state index in [1.54, 1.807) is 0 Å². The number of nitrogen functional groups attached to an aromatic ring is 1. The van der Waals surface area contributed by atoms with Crippen LogP contribution in [0.2, 0.25) is 0 Å². The van der Waals surface area contributed by atoms with E-state index in [1.807, 2.05) is 6.92 Å². The maximum absolute atomic E-state index is 6.13. The molecule has 3 heteroatoms. The first-order valence-corrected chi connectivity index (χ1v) is 5.79. The van der Waals surface area contributed by atoms with Crippen LogP contribution in [0.3, 0.4) is 0 Å². The molecule has 1 atom stereocenters. The molecule has 0 saturated carbocycles. The van der Waals surface area contributed by atoms with Crippen LogP contribution in [-0.2, 0) is 6.54 Å². The van der Waals surface area contributed by atoms with Gasteiger partial charge < -0.3 is 10.3 Å². The monoisotopic (exact) mass is 209 g/mol. The number of nitrogens with zero attached hydrogens (tertiary/aromatic N) is 2. The molecule has 0 aromatic carbocycles. The van der Waals surface area contributed by atoms with Crippen molar-refractivity contribution in [2.75, 3.05) is 5.73 Å². The number of hydrogen-bond acceptors (Lipinski definition) is 2. The van der Waals surface area contributed by atoms with Crippen molar-refractivity contribution in [1.29, 1.82) is 0 Å². The molecule has 15 heavy (non-hydrogen) atoms. The third-order valence-corrected chi connectivity index (χ3v) is 2.85. The van der Waals surface area contributed by atoms with Gasteiger partial charge in [0.15, 0.2) is 0 Å². The van der Waals surface area contributed by atoms with E-state index in [4.69, 9.17) is 5.73 Å². The van der Waals surface area contributed by atoms with Crippen molar-refractivity contribution in [3.8, 4) is 0 Å². The van der Waals surface area contributed by atoms with Gasteiger partial charge in [-0.2, -0.15) is 0 Å². The zero-order valence-corrected chi connectivity index (χ0v) is 10.5. The second kappa shape index (κ2) is 4.69. The summed E-state index contributed by atoms with van der Waals surface area (Å²) in [7, 11) is 0. The number of anilines is 1. The molecule has 0 saturated heterocycles. The highest BCUT2D eigenvalue weighted by Crippen LogP contribution is 2.25. The summed E-state index contributed by atoms with van der Waals surface area (Å²) >= 11 is 0. The van der Waals surface area contributed by atoms with Crippen LogP contribution in [0, 0.1) is 12.8 Å². The van der Waals surface area contributed by atoms with Crippen LogP contribution >= 0.6 is 0 Å². The Morgan fingerprint density at radius 2 is 1.93 bits per heavy atom. The second-order valence-corrected chi connectivity index (χ2v) is 4.74. The van der Waals surface area contributed by atoms with Crippen LogP contribution in [0.1, 0.15) is 51.6 Å². The molecule has 0 aliphatic rings. The van der Waals surface area contributed by atoms with Crippen LogP contribution in [0.25, 0.3) is 0 Å². The molecule has 0 bridgehead atoms. The van der Waals surface area contributed by atoms with E-state index >= 15 is 0 Å². The number of aryl methyl sites for hydroxylation is 1. The predicted molar refractivity (Wildman–Crippen MR) is 64.9 cm³/mol. The first-order valence-electron chi connectivity index (χ1n) is 5.79. The minimum Gasteiger partial charge on any atom is -0.384 e. The van der Waals surface area contributed by atoms with Crippen LogP contribution in [-0.4, -0.2) is 9.55 Å². The maximum atomic E-state index is 6.13. The van der Waals surface area contributed by atoms with Gasteiger partial charge >= 0.3 is 0 Å². The molecule has 1 heterocycles. The Hall–Kier alpha value is -0.990. The molecule has 2 N–H and O–H groups in total. The molecular formula is C12H23N3. The van der Waals surface area contributed by atoms with Gasteiger partial charge in [0.05, 0.1) is 5.69 Å². The Morgan fingerprint density at radius 3 is 2.40 bits per heavy atom. The molecular weight excluding hydrogens is 186 g/mol. The summed E-state index contributed by atoms with van der Waals surface area (Å²) in [5.74, 6) is 2.95. The molecule has 0 aliphatic heterocycles. The number of hydrogen-bond donors (Lipinski definition) is 1. The summed E-state index contributed by atoms with van der Waals surface area (Å²) < 4.78 is 2.13. The minimum absolute atomic E-state index is 0.456. The van der Waals surface area contributed by atoms with Gasteiger partial charge in [-0.25, -0.2) is 4.98 Å². The van der Waals surface area contributed by atoms with Gasteiger partial charge in [-0.05, 0) is 19.3 Å². The molecule has 0 spiro atoms. The van der Waals surface area contributed by atoms with Gasteiger partial charge in [0.25, 0.3) is 0 Å². The Morgan fingerprint density at radius 1 is 1.33 bits per heavy atom. The Kier molecular flexibility index (Phi) is 3.77. The number of imidazole rings is 1. The minimum atomic E-state index is 0.456. The van der Waals surface area contributed by atoms with E-state index in [1.165, 1.54) is 0 Å². The smallest absolute Gasteiger partial charge is 0.127 e. The molecule has 1 aromatic rings. The van der Waals surface area contributed by atoms with Crippen molar-refractivity contribution in [2.45, 2.75) is 53.5 Å². The lowest BCUT2D eigenvalue weighted by molar-refractivity contribution is 0.518. The van der Waals surface area contributed by atoms with E-state index in [0.29, 0.717) is 11.8 Å². The molecule has 1 unspecified atom stereocenters. The summed E-state index contributed by atoms with van der Waals surface area (Å²) in [6.45, 7) is 11.7. The molecule has 1 aromatic heterocycles. The van der Waals surface area contributed by atoms with Crippen molar-refractivity contribution < 1.29 is 0 Å². The Bertz CT molecular complexity index is 326. The molecule has 0 fully saturated rings. The average molecular weight is 209 g/mol. The third-order valence-electron chi connectivity index (χ3n) is 2.85. The molecule has 0 radical (unpaired) electrons. The van der Waals surface area contributed by atoms with E-state index in [2.05, 4.69) is 37.2 Å². The van der Waals surface area contributed by atoms with Crippen LogP contribution in [0.4, 0.5) is 5.82 Å². The normalized spacial score (nSPS) is 13.5. The van der Waals surface area contributed by atoms with Gasteiger partial charge in [-0.3, -0.25) is 0 Å². The number of nitrogens with two attached hydrogens (primary N) is 1. The molecule has 0 amide bonds. The fourth-order valence-electron chi connectivity index (χ4n) is 1.76. The van der Waals surface area contributed by atoms with Gasteiger partial charge in [-0.15, -0.1) is 0 Å². The van der Waals surface area contributed by atoms with E-state index in [-0.39, 0.29) is 0 Å². The highest BCUT2D eigenvalue weighted by atomic mass is 15.1. The highest BCUT2D eigenvalue weighted by molar-refractivity contribution is 5.40. The highest BCUT2D eigenvalue weighted by Gasteiger charge is 2.16. The summed E-state index contributed by atoms with van der Waals surface area (Å²) in [5.41, 5.74) is 7.19. The number of rotatable bonds is 4. The first-order chi connectivity index (χ1) is 6.97. The molecule has 0 aliphatic carbocycles. The van der Waals surface area contributed by atoms with Crippen LogP contribution < -0.4 is 5.73 Å². The van der Waals surface area contributed by atoms with Crippen molar-refractivity contribution in [3.63, 3.8) is 0 Å². The summed E-state index contributed by atoms with van der Waals surface area (Å²) in [6.07, 6.45) is 1.09. The first kappa shape index (κ1) is 12.1.